The van der Waals surface area contributed by atoms with Gasteiger partial charge in [-0.15, -0.1) is 5.10 Å². The van der Waals surface area contributed by atoms with Crippen LogP contribution < -0.4 is 5.73 Å². The van der Waals surface area contributed by atoms with Crippen molar-refractivity contribution in [3.05, 3.63) is 66.5 Å². The Morgan fingerprint density at radius 1 is 1.15 bits per heavy atom. The molecule has 6 nitrogen and oxygen atoms in total. The number of nitrogens with zero attached hydrogens (tertiary/aromatic N) is 5. The van der Waals surface area contributed by atoms with Gasteiger partial charge >= 0.3 is 0 Å². The fraction of sp³-hybridized carbons (Fsp3) is 0.214. The molecule has 0 fully saturated rings. The molecule has 0 aliphatic rings. The molecule has 20 heavy (non-hydrogen) atoms. The van der Waals surface area contributed by atoms with E-state index in [-0.39, 0.29) is 6.04 Å². The smallest absolute Gasteiger partial charge is 0.0949 e. The number of rotatable bonds is 5. The van der Waals surface area contributed by atoms with Crippen LogP contribution >= 0.6 is 0 Å². The van der Waals surface area contributed by atoms with E-state index in [4.69, 9.17) is 5.73 Å². The molecule has 2 aromatic heterocycles. The lowest BCUT2D eigenvalue weighted by Crippen LogP contribution is -2.18. The minimum absolute atomic E-state index is 0.172. The molecule has 2 N–H and O–H groups in total. The number of benzene rings is 1. The van der Waals surface area contributed by atoms with E-state index in [1.54, 1.807) is 17.2 Å². The Morgan fingerprint density at radius 2 is 2.00 bits per heavy atom. The first kappa shape index (κ1) is 12.6. The molecular formula is C14H16N6. The van der Waals surface area contributed by atoms with Gasteiger partial charge in [0, 0.05) is 12.7 Å². The van der Waals surface area contributed by atoms with Gasteiger partial charge in [0.15, 0.2) is 0 Å². The predicted molar refractivity (Wildman–Crippen MR) is 74.7 cm³/mol. The topological polar surface area (TPSA) is 74.5 Å². The summed E-state index contributed by atoms with van der Waals surface area (Å²) in [5.41, 5.74) is 8.39. The minimum Gasteiger partial charge on any atom is -0.331 e. The molecule has 0 aliphatic heterocycles. The summed E-state index contributed by atoms with van der Waals surface area (Å²) in [5, 5.41) is 7.74. The van der Waals surface area contributed by atoms with Crippen LogP contribution in [0.1, 0.15) is 17.3 Å². The van der Waals surface area contributed by atoms with Gasteiger partial charge in [0.05, 0.1) is 37.0 Å². The average molecular weight is 268 g/mol. The number of nitrogens with two attached hydrogens (primary N) is 1. The largest absolute Gasteiger partial charge is 0.331 e. The van der Waals surface area contributed by atoms with Crippen molar-refractivity contribution in [1.29, 1.82) is 0 Å². The van der Waals surface area contributed by atoms with Crippen molar-refractivity contribution >= 4 is 0 Å². The van der Waals surface area contributed by atoms with Crippen LogP contribution in [0.3, 0.4) is 0 Å². The summed E-state index contributed by atoms with van der Waals surface area (Å²) in [7, 11) is 0. The van der Waals surface area contributed by atoms with Crippen LogP contribution in [0.5, 0.6) is 0 Å². The summed E-state index contributed by atoms with van der Waals surface area (Å²) in [6.45, 7) is 1.50. The molecule has 0 bridgehead atoms. The number of imidazole rings is 1. The number of aromatic nitrogens is 5. The SMILES string of the molecule is NC(c1ccccc1)c1cncn1CCn1ccnn1. The first-order chi connectivity index (χ1) is 9.84. The lowest BCUT2D eigenvalue weighted by Gasteiger charge is -2.15. The second kappa shape index (κ2) is 5.66. The van der Waals surface area contributed by atoms with Gasteiger partial charge in [-0.3, -0.25) is 4.68 Å². The molecule has 0 saturated carbocycles. The molecule has 102 valence electrons. The van der Waals surface area contributed by atoms with Crippen molar-refractivity contribution < 1.29 is 0 Å². The Balaban J connectivity index is 1.76. The van der Waals surface area contributed by atoms with E-state index in [0.717, 1.165) is 24.3 Å². The molecule has 0 amide bonds. The maximum Gasteiger partial charge on any atom is 0.0949 e. The van der Waals surface area contributed by atoms with E-state index in [2.05, 4.69) is 19.9 Å². The normalized spacial score (nSPS) is 12.4. The van der Waals surface area contributed by atoms with E-state index in [9.17, 15) is 0 Å². The third-order valence-electron chi connectivity index (χ3n) is 3.26. The lowest BCUT2D eigenvalue weighted by molar-refractivity contribution is 0.505. The first-order valence-electron chi connectivity index (χ1n) is 6.49. The highest BCUT2D eigenvalue weighted by molar-refractivity contribution is 5.26. The van der Waals surface area contributed by atoms with E-state index in [0.29, 0.717) is 0 Å². The van der Waals surface area contributed by atoms with Gasteiger partial charge in [0.25, 0.3) is 0 Å². The van der Waals surface area contributed by atoms with Crippen LogP contribution in [0.15, 0.2) is 55.2 Å². The van der Waals surface area contributed by atoms with E-state index < -0.39 is 0 Å². The fourth-order valence-electron chi connectivity index (χ4n) is 2.17. The van der Waals surface area contributed by atoms with E-state index >= 15 is 0 Å². The highest BCUT2D eigenvalue weighted by atomic mass is 15.4. The highest BCUT2D eigenvalue weighted by Gasteiger charge is 2.13. The Kier molecular flexibility index (Phi) is 3.56. The van der Waals surface area contributed by atoms with Gasteiger partial charge < -0.3 is 10.3 Å². The quantitative estimate of drug-likeness (QED) is 0.755. The van der Waals surface area contributed by atoms with Crippen LogP contribution in [0.4, 0.5) is 0 Å². The van der Waals surface area contributed by atoms with Crippen molar-refractivity contribution in [3.8, 4) is 0 Å². The summed E-state index contributed by atoms with van der Waals surface area (Å²) >= 11 is 0. The maximum absolute atomic E-state index is 6.31. The van der Waals surface area contributed by atoms with Gasteiger partial charge in [-0.25, -0.2) is 4.98 Å². The fourth-order valence-corrected chi connectivity index (χ4v) is 2.17. The Bertz CT molecular complexity index is 643. The maximum atomic E-state index is 6.31. The van der Waals surface area contributed by atoms with Crippen LogP contribution in [-0.2, 0) is 13.1 Å². The summed E-state index contributed by atoms with van der Waals surface area (Å²) in [5.74, 6) is 0. The Morgan fingerprint density at radius 3 is 2.75 bits per heavy atom. The van der Waals surface area contributed by atoms with Crippen LogP contribution in [0, 0.1) is 0 Å². The number of hydrogen-bond acceptors (Lipinski definition) is 4. The zero-order valence-electron chi connectivity index (χ0n) is 11.0. The molecule has 3 aromatic rings. The van der Waals surface area contributed by atoms with E-state index in [1.807, 2.05) is 42.7 Å². The second-order valence-electron chi connectivity index (χ2n) is 4.57. The van der Waals surface area contributed by atoms with Crippen LogP contribution in [0.2, 0.25) is 0 Å². The number of aryl methyl sites for hydroxylation is 2. The Labute approximate surface area is 116 Å². The zero-order valence-corrected chi connectivity index (χ0v) is 11.0. The zero-order chi connectivity index (χ0) is 13.8. The molecular weight excluding hydrogens is 252 g/mol. The predicted octanol–water partition coefficient (Wildman–Crippen LogP) is 1.22. The molecule has 0 radical (unpaired) electrons. The summed E-state index contributed by atoms with van der Waals surface area (Å²) in [4.78, 5) is 4.21. The first-order valence-corrected chi connectivity index (χ1v) is 6.49. The van der Waals surface area contributed by atoms with Crippen molar-refractivity contribution in [2.45, 2.75) is 19.1 Å². The standard InChI is InChI=1S/C14H16N6/c15-14(12-4-2-1-3-5-12)13-10-16-11-19(13)8-9-20-7-6-17-18-20/h1-7,10-11,14H,8-9,15H2. The molecule has 1 aromatic carbocycles. The molecule has 3 rings (SSSR count). The monoisotopic (exact) mass is 268 g/mol. The third kappa shape index (κ3) is 2.60. The molecule has 1 atom stereocenters. The summed E-state index contributed by atoms with van der Waals surface area (Å²) in [6, 6.07) is 9.85. The molecule has 0 aliphatic carbocycles. The lowest BCUT2D eigenvalue weighted by atomic mass is 10.1. The van der Waals surface area contributed by atoms with Crippen LogP contribution in [0.25, 0.3) is 0 Å². The molecule has 0 saturated heterocycles. The van der Waals surface area contributed by atoms with Crippen molar-refractivity contribution in [1.82, 2.24) is 24.5 Å². The van der Waals surface area contributed by atoms with E-state index in [1.165, 1.54) is 0 Å². The highest BCUT2D eigenvalue weighted by Crippen LogP contribution is 2.18. The van der Waals surface area contributed by atoms with Crippen molar-refractivity contribution in [2.75, 3.05) is 0 Å². The summed E-state index contributed by atoms with van der Waals surface area (Å²) < 4.78 is 3.84. The van der Waals surface area contributed by atoms with Crippen molar-refractivity contribution in [2.24, 2.45) is 5.73 Å². The summed E-state index contributed by atoms with van der Waals surface area (Å²) in [6.07, 6.45) is 7.13. The Hall–Kier alpha value is -2.47. The van der Waals surface area contributed by atoms with Gasteiger partial charge in [0.2, 0.25) is 0 Å². The molecule has 2 heterocycles. The van der Waals surface area contributed by atoms with Gasteiger partial charge in [-0.2, -0.15) is 0 Å². The molecule has 0 spiro atoms. The average Bonchev–Trinajstić information content (AvgIpc) is 3.16. The minimum atomic E-state index is -0.172. The van der Waals surface area contributed by atoms with Crippen LogP contribution in [-0.4, -0.2) is 24.5 Å². The van der Waals surface area contributed by atoms with Gasteiger partial charge in [-0.1, -0.05) is 35.5 Å². The molecule has 1 unspecified atom stereocenters. The van der Waals surface area contributed by atoms with Crippen molar-refractivity contribution in [3.63, 3.8) is 0 Å². The van der Waals surface area contributed by atoms with Gasteiger partial charge in [0.1, 0.15) is 0 Å². The molecule has 6 heteroatoms. The second-order valence-corrected chi connectivity index (χ2v) is 4.57. The third-order valence-corrected chi connectivity index (χ3v) is 3.26. The number of hydrogen-bond donors (Lipinski definition) is 1. The van der Waals surface area contributed by atoms with Gasteiger partial charge in [-0.05, 0) is 5.56 Å².